The second-order valence-corrected chi connectivity index (χ2v) is 3.42. The second kappa shape index (κ2) is 6.90. The average molecular weight is 262 g/mol. The van der Waals surface area contributed by atoms with Crippen LogP contribution in [0.1, 0.15) is 6.92 Å². The summed E-state index contributed by atoms with van der Waals surface area (Å²) in [6.07, 6.45) is -3.29. The van der Waals surface area contributed by atoms with Crippen molar-refractivity contribution in [1.29, 1.82) is 0 Å². The van der Waals surface area contributed by atoms with Gasteiger partial charge in [0, 0.05) is 13.1 Å². The number of ether oxygens (including phenoxy) is 1. The molecule has 0 aliphatic heterocycles. The molecule has 8 heteroatoms. The summed E-state index contributed by atoms with van der Waals surface area (Å²) in [4.78, 5) is 7.84. The van der Waals surface area contributed by atoms with Crippen LogP contribution in [0.3, 0.4) is 0 Å². The van der Waals surface area contributed by atoms with E-state index in [1.54, 1.807) is 0 Å². The lowest BCUT2D eigenvalue weighted by molar-refractivity contribution is 0.00378. The summed E-state index contributed by atoms with van der Waals surface area (Å²) in [6.45, 7) is 2.19. The van der Waals surface area contributed by atoms with Crippen LogP contribution in [0.2, 0.25) is 0 Å². The zero-order valence-electron chi connectivity index (χ0n) is 10.2. The van der Waals surface area contributed by atoms with Gasteiger partial charge in [0.05, 0.1) is 7.11 Å². The van der Waals surface area contributed by atoms with Crippen molar-refractivity contribution >= 4 is 11.6 Å². The minimum Gasteiger partial charge on any atom is -0.490 e. The number of aliphatic hydroxyl groups is 1. The van der Waals surface area contributed by atoms with E-state index in [1.807, 2.05) is 6.92 Å². The topological polar surface area (TPSA) is 79.3 Å². The largest absolute Gasteiger partial charge is 0.490 e. The Morgan fingerprint density at radius 3 is 2.44 bits per heavy atom. The van der Waals surface area contributed by atoms with Crippen molar-refractivity contribution < 1.29 is 18.6 Å². The molecule has 1 unspecified atom stereocenters. The Balaban J connectivity index is 2.78. The van der Waals surface area contributed by atoms with E-state index in [0.29, 0.717) is 18.1 Å². The van der Waals surface area contributed by atoms with E-state index >= 15 is 0 Å². The smallest absolute Gasteiger partial charge is 0.265 e. The number of methoxy groups -OCH3 is 1. The first-order valence-corrected chi connectivity index (χ1v) is 5.43. The SMILES string of the molecule is CCNc1ncnc(NCC(O)C(F)F)c1OC. The molecule has 0 aromatic carbocycles. The summed E-state index contributed by atoms with van der Waals surface area (Å²) in [5.74, 6) is 1.04. The first kappa shape index (κ1) is 14.4. The van der Waals surface area contributed by atoms with Gasteiger partial charge in [0.1, 0.15) is 12.4 Å². The van der Waals surface area contributed by atoms with E-state index < -0.39 is 12.5 Å². The fourth-order valence-electron chi connectivity index (χ4n) is 1.28. The fourth-order valence-corrected chi connectivity index (χ4v) is 1.28. The van der Waals surface area contributed by atoms with E-state index in [1.165, 1.54) is 13.4 Å². The summed E-state index contributed by atoms with van der Waals surface area (Å²) in [6, 6.07) is 0. The zero-order valence-corrected chi connectivity index (χ0v) is 10.2. The molecule has 0 bridgehead atoms. The molecule has 102 valence electrons. The maximum Gasteiger partial charge on any atom is 0.265 e. The minimum atomic E-state index is -2.81. The third kappa shape index (κ3) is 3.66. The number of halogens is 2. The molecule has 3 N–H and O–H groups in total. The summed E-state index contributed by atoms with van der Waals surface area (Å²) < 4.78 is 29.4. The van der Waals surface area contributed by atoms with Gasteiger partial charge in [-0.3, -0.25) is 0 Å². The lowest BCUT2D eigenvalue weighted by Gasteiger charge is -2.15. The van der Waals surface area contributed by atoms with Crippen LogP contribution in [0.5, 0.6) is 5.75 Å². The number of hydrogen-bond acceptors (Lipinski definition) is 6. The Bertz CT molecular complexity index is 379. The molecule has 0 saturated carbocycles. The second-order valence-electron chi connectivity index (χ2n) is 3.42. The predicted octanol–water partition coefficient (Wildman–Crippen LogP) is 0.955. The third-order valence-corrected chi connectivity index (χ3v) is 2.12. The Hall–Kier alpha value is -1.70. The number of anilines is 2. The van der Waals surface area contributed by atoms with Gasteiger partial charge in [0.15, 0.2) is 11.6 Å². The minimum absolute atomic E-state index is 0.253. The lowest BCUT2D eigenvalue weighted by atomic mass is 10.3. The molecule has 1 rings (SSSR count). The first-order chi connectivity index (χ1) is 8.60. The number of aliphatic hydroxyl groups excluding tert-OH is 1. The van der Waals surface area contributed by atoms with Crippen molar-refractivity contribution in [2.75, 3.05) is 30.8 Å². The van der Waals surface area contributed by atoms with Gasteiger partial charge in [0.25, 0.3) is 6.43 Å². The number of alkyl halides is 2. The fraction of sp³-hybridized carbons (Fsp3) is 0.600. The highest BCUT2D eigenvalue weighted by Gasteiger charge is 2.18. The predicted molar refractivity (Wildman–Crippen MR) is 63.2 cm³/mol. The number of nitrogens with zero attached hydrogens (tertiary/aromatic N) is 2. The lowest BCUT2D eigenvalue weighted by Crippen LogP contribution is -2.27. The monoisotopic (exact) mass is 262 g/mol. The van der Waals surface area contributed by atoms with Crippen LogP contribution in [0.25, 0.3) is 0 Å². The number of aromatic nitrogens is 2. The van der Waals surface area contributed by atoms with Crippen LogP contribution >= 0.6 is 0 Å². The van der Waals surface area contributed by atoms with Gasteiger partial charge in [-0.15, -0.1) is 0 Å². The highest BCUT2D eigenvalue weighted by atomic mass is 19.3. The quantitative estimate of drug-likeness (QED) is 0.679. The molecule has 18 heavy (non-hydrogen) atoms. The van der Waals surface area contributed by atoms with Gasteiger partial charge in [-0.1, -0.05) is 0 Å². The Kier molecular flexibility index (Phi) is 5.50. The number of hydrogen-bond donors (Lipinski definition) is 3. The van der Waals surface area contributed by atoms with Crippen molar-refractivity contribution in [1.82, 2.24) is 9.97 Å². The third-order valence-electron chi connectivity index (χ3n) is 2.12. The van der Waals surface area contributed by atoms with Crippen LogP contribution in [0.4, 0.5) is 20.4 Å². The van der Waals surface area contributed by atoms with Gasteiger partial charge in [0.2, 0.25) is 5.75 Å². The summed E-state index contributed by atoms with van der Waals surface area (Å²) in [5, 5.41) is 14.6. The van der Waals surface area contributed by atoms with Crippen molar-refractivity contribution in [3.63, 3.8) is 0 Å². The molecule has 1 heterocycles. The Labute approximate surface area is 103 Å². The van der Waals surface area contributed by atoms with Crippen molar-refractivity contribution in [2.24, 2.45) is 0 Å². The number of rotatable bonds is 7. The molecule has 1 aromatic rings. The molecule has 1 atom stereocenters. The normalized spacial score (nSPS) is 12.3. The molecule has 0 aliphatic rings. The molecule has 0 amide bonds. The summed E-state index contributed by atoms with van der Waals surface area (Å²) >= 11 is 0. The Morgan fingerprint density at radius 2 is 1.94 bits per heavy atom. The molecular formula is C10H16F2N4O2. The van der Waals surface area contributed by atoms with Crippen molar-refractivity contribution in [2.45, 2.75) is 19.5 Å². The van der Waals surface area contributed by atoms with Gasteiger partial charge in [-0.05, 0) is 6.92 Å². The maximum atomic E-state index is 12.1. The van der Waals surface area contributed by atoms with Gasteiger partial charge >= 0.3 is 0 Å². The van der Waals surface area contributed by atoms with Gasteiger partial charge in [-0.2, -0.15) is 0 Å². The van der Waals surface area contributed by atoms with Crippen molar-refractivity contribution in [3.8, 4) is 5.75 Å². The van der Waals surface area contributed by atoms with E-state index in [-0.39, 0.29) is 12.4 Å². The van der Waals surface area contributed by atoms with Crippen LogP contribution in [-0.2, 0) is 0 Å². The molecule has 0 fully saturated rings. The summed E-state index contributed by atoms with van der Waals surface area (Å²) in [5.41, 5.74) is 0. The molecule has 6 nitrogen and oxygen atoms in total. The molecule has 0 spiro atoms. The molecule has 0 aliphatic carbocycles. The standard InChI is InChI=1S/C10H16F2N4O2/c1-3-13-9-7(18-2)10(16-5-15-9)14-4-6(17)8(11)12/h5-6,8,17H,3-4H2,1-2H3,(H2,13,14,15,16). The zero-order chi connectivity index (χ0) is 13.5. The molecule has 0 radical (unpaired) electrons. The van der Waals surface area contributed by atoms with E-state index in [2.05, 4.69) is 20.6 Å². The van der Waals surface area contributed by atoms with Crippen LogP contribution in [0.15, 0.2) is 6.33 Å². The van der Waals surface area contributed by atoms with E-state index in [4.69, 9.17) is 9.84 Å². The highest BCUT2D eigenvalue weighted by Crippen LogP contribution is 2.28. The highest BCUT2D eigenvalue weighted by molar-refractivity contribution is 5.63. The van der Waals surface area contributed by atoms with E-state index in [0.717, 1.165) is 0 Å². The molecular weight excluding hydrogens is 246 g/mol. The average Bonchev–Trinajstić information content (AvgIpc) is 2.36. The first-order valence-electron chi connectivity index (χ1n) is 5.43. The van der Waals surface area contributed by atoms with Crippen molar-refractivity contribution in [3.05, 3.63) is 6.33 Å². The molecule has 1 aromatic heterocycles. The molecule has 0 saturated heterocycles. The van der Waals surface area contributed by atoms with Gasteiger partial charge < -0.3 is 20.5 Å². The van der Waals surface area contributed by atoms with Crippen LogP contribution in [-0.4, -0.2) is 47.8 Å². The van der Waals surface area contributed by atoms with Crippen LogP contribution in [0, 0.1) is 0 Å². The maximum absolute atomic E-state index is 12.1. The Morgan fingerprint density at radius 1 is 1.33 bits per heavy atom. The summed E-state index contributed by atoms with van der Waals surface area (Å²) in [7, 11) is 1.42. The van der Waals surface area contributed by atoms with E-state index in [9.17, 15) is 8.78 Å². The number of nitrogens with one attached hydrogen (secondary N) is 2. The van der Waals surface area contributed by atoms with Gasteiger partial charge in [-0.25, -0.2) is 18.7 Å². The van der Waals surface area contributed by atoms with Crippen LogP contribution < -0.4 is 15.4 Å².